The van der Waals surface area contributed by atoms with Crippen molar-refractivity contribution in [2.75, 3.05) is 40.9 Å². The van der Waals surface area contributed by atoms with E-state index in [0.717, 1.165) is 109 Å². The molecular weight excluding hydrogens is 1020 g/mol. The molecule has 0 aromatic rings. The van der Waals surface area contributed by atoms with Crippen molar-refractivity contribution in [3.63, 3.8) is 0 Å². The molecule has 466 valence electrons. The molecule has 0 aromatic heterocycles. The van der Waals surface area contributed by atoms with Crippen molar-refractivity contribution in [2.45, 2.75) is 290 Å². The molecule has 0 spiro atoms. The third-order valence-corrected chi connectivity index (χ3v) is 15.2. The number of phosphoric acid groups is 1. The highest BCUT2D eigenvalue weighted by Gasteiger charge is 2.30. The van der Waals surface area contributed by atoms with Gasteiger partial charge in [0.25, 0.3) is 0 Å². The van der Waals surface area contributed by atoms with Gasteiger partial charge in [0.2, 0.25) is 5.91 Å². The summed E-state index contributed by atoms with van der Waals surface area (Å²) in [6.07, 6.45) is 82.3. The van der Waals surface area contributed by atoms with Gasteiger partial charge in [0, 0.05) is 12.8 Å². The predicted octanol–water partition coefficient (Wildman–Crippen LogP) is 20.9. The highest BCUT2D eigenvalue weighted by Crippen LogP contribution is 2.43. The Morgan fingerprint density at radius 1 is 0.432 bits per heavy atom. The number of carbonyl (C=O) groups excluding carboxylic acids is 2. The van der Waals surface area contributed by atoms with E-state index in [1.807, 2.05) is 33.3 Å². The number of quaternary nitrogens is 1. The number of rotatable bonds is 59. The number of hydrogen-bond acceptors (Lipinski definition) is 6. The quantitative estimate of drug-likeness (QED) is 0.0205. The highest BCUT2D eigenvalue weighted by molar-refractivity contribution is 7.47. The molecular formula is C71H126N2O7P+. The van der Waals surface area contributed by atoms with Gasteiger partial charge in [-0.1, -0.05) is 252 Å². The average Bonchev–Trinajstić information content (AvgIpc) is 3.44. The number of allylic oxidation sites excluding steroid dienone is 17. The van der Waals surface area contributed by atoms with Crippen LogP contribution in [-0.2, 0) is 27.9 Å². The number of likely N-dealkylation sites (N-methyl/N-ethyl adjacent to an activating group) is 1. The van der Waals surface area contributed by atoms with Gasteiger partial charge in [-0.25, -0.2) is 4.57 Å². The van der Waals surface area contributed by atoms with Crippen LogP contribution in [-0.4, -0.2) is 74.3 Å². The molecule has 0 aliphatic rings. The molecule has 0 aromatic carbocycles. The minimum atomic E-state index is -4.47. The topological polar surface area (TPSA) is 111 Å². The second kappa shape index (κ2) is 59.8. The van der Waals surface area contributed by atoms with Crippen LogP contribution in [0.15, 0.2) is 109 Å². The zero-order chi connectivity index (χ0) is 59.3. The van der Waals surface area contributed by atoms with Gasteiger partial charge in [-0.05, 0) is 122 Å². The third-order valence-electron chi connectivity index (χ3n) is 14.2. The number of nitrogens with zero attached hydrogens (tertiary/aromatic N) is 1. The van der Waals surface area contributed by atoms with Crippen molar-refractivity contribution in [3.05, 3.63) is 109 Å². The molecule has 2 N–H and O–H groups in total. The molecule has 0 aliphatic carbocycles. The van der Waals surface area contributed by atoms with Crippen LogP contribution in [0.1, 0.15) is 278 Å². The molecule has 10 heteroatoms. The molecule has 0 aliphatic heterocycles. The number of carbonyl (C=O) groups is 2. The van der Waals surface area contributed by atoms with Crippen LogP contribution in [0, 0.1) is 0 Å². The van der Waals surface area contributed by atoms with Crippen molar-refractivity contribution in [3.8, 4) is 0 Å². The molecule has 0 rings (SSSR count). The Bertz CT molecular complexity index is 1750. The smallest absolute Gasteiger partial charge is 0.456 e. The summed E-state index contributed by atoms with van der Waals surface area (Å²) in [5.74, 6) is -0.552. The van der Waals surface area contributed by atoms with Crippen LogP contribution in [0.25, 0.3) is 0 Å². The van der Waals surface area contributed by atoms with Gasteiger partial charge in [0.05, 0.1) is 33.8 Å². The molecule has 0 saturated heterocycles. The molecule has 9 nitrogen and oxygen atoms in total. The lowest BCUT2D eigenvalue weighted by Gasteiger charge is -2.27. The fraction of sp³-hybridized carbons (Fsp3) is 0.718. The van der Waals surface area contributed by atoms with E-state index in [1.165, 1.54) is 128 Å². The summed E-state index contributed by atoms with van der Waals surface area (Å²) < 4.78 is 30.7. The van der Waals surface area contributed by atoms with E-state index in [9.17, 15) is 19.0 Å². The lowest BCUT2D eigenvalue weighted by Crippen LogP contribution is -2.47. The lowest BCUT2D eigenvalue weighted by atomic mass is 10.0. The van der Waals surface area contributed by atoms with E-state index >= 15 is 0 Å². The summed E-state index contributed by atoms with van der Waals surface area (Å²) in [5.41, 5.74) is 0. The Morgan fingerprint density at radius 3 is 1.16 bits per heavy atom. The zero-order valence-electron chi connectivity index (χ0n) is 53.2. The number of hydrogen-bond donors (Lipinski definition) is 2. The maximum atomic E-state index is 13.6. The Balaban J connectivity index is 5.18. The van der Waals surface area contributed by atoms with Crippen LogP contribution >= 0.6 is 7.82 Å². The first-order valence-corrected chi connectivity index (χ1v) is 34.7. The number of amides is 1. The van der Waals surface area contributed by atoms with Crippen LogP contribution in [0.4, 0.5) is 0 Å². The maximum Gasteiger partial charge on any atom is 0.472 e. The first-order valence-electron chi connectivity index (χ1n) is 33.2. The molecule has 1 amide bonds. The Morgan fingerprint density at radius 2 is 0.753 bits per heavy atom. The summed E-state index contributed by atoms with van der Waals surface area (Å²) in [7, 11) is 1.46. The standard InChI is InChI=1S/C71H125N2O7P/c1-7-10-13-16-19-22-25-27-29-31-33-34-35-36-37-38-40-41-43-45-48-51-54-57-60-63-70(74)72-68(67-79-81(76,77)78-66-65-73(4,5)6)69(62-59-56-53-50-47-24-21-18-15-12-9-3)80-71(75)64-61-58-55-52-49-46-44-42-39-32-30-28-26-23-20-17-14-11-8-2/h19-20,22-23,27-30,33-34,36-37,39,42,46,49,59,62,68-69H,7-18,21,24-26,31-32,35,38,40-41,43-45,47-48,50-58,60-61,63-67H2,1-6H3,(H-,72,74,76,77)/p+1/b22-19-,23-20-,29-27-,30-28-,34-33-,37-36-,42-39-,49-46-,62-59-. The summed E-state index contributed by atoms with van der Waals surface area (Å²) in [6.45, 7) is 6.92. The van der Waals surface area contributed by atoms with Crippen LogP contribution in [0.2, 0.25) is 0 Å². The number of phosphoric ester groups is 1. The van der Waals surface area contributed by atoms with Crippen molar-refractivity contribution >= 4 is 19.7 Å². The highest BCUT2D eigenvalue weighted by atomic mass is 31.2. The van der Waals surface area contributed by atoms with Gasteiger partial charge < -0.3 is 19.4 Å². The zero-order valence-corrected chi connectivity index (χ0v) is 54.1. The SMILES string of the molecule is CCCCC/C=C\C/C=C\C/C=C\C/C=C\CCCCCCCCCCCC(=O)NC(COP(=O)(O)OCC[N+](C)(C)C)C(/C=C\CCCCCCCCCCC)OC(=O)CCCCC/C=C\C/C=C\C/C=C\C/C=C\CCCCC. The Kier molecular flexibility index (Phi) is 57.4. The molecule has 3 unspecified atom stereocenters. The fourth-order valence-corrected chi connectivity index (χ4v) is 9.76. The van der Waals surface area contributed by atoms with E-state index in [0.29, 0.717) is 23.9 Å². The van der Waals surface area contributed by atoms with Crippen LogP contribution in [0.3, 0.4) is 0 Å². The van der Waals surface area contributed by atoms with E-state index in [4.69, 9.17) is 13.8 Å². The Labute approximate surface area is 500 Å². The third kappa shape index (κ3) is 61.1. The van der Waals surface area contributed by atoms with Crippen molar-refractivity contribution in [1.82, 2.24) is 5.32 Å². The summed E-state index contributed by atoms with van der Waals surface area (Å²) >= 11 is 0. The first kappa shape index (κ1) is 77.7. The lowest BCUT2D eigenvalue weighted by molar-refractivity contribution is -0.870. The summed E-state index contributed by atoms with van der Waals surface area (Å²) in [6, 6.07) is -0.872. The monoisotopic (exact) mass is 1150 g/mol. The normalized spacial score (nSPS) is 14.3. The predicted molar refractivity (Wildman–Crippen MR) is 350 cm³/mol. The molecule has 3 atom stereocenters. The Hall–Kier alpha value is -3.33. The van der Waals surface area contributed by atoms with Crippen LogP contribution in [0.5, 0.6) is 0 Å². The van der Waals surface area contributed by atoms with Gasteiger partial charge in [-0.2, -0.15) is 0 Å². The van der Waals surface area contributed by atoms with Crippen molar-refractivity contribution in [1.29, 1.82) is 0 Å². The summed E-state index contributed by atoms with van der Waals surface area (Å²) in [5, 5.41) is 3.05. The van der Waals surface area contributed by atoms with Crippen molar-refractivity contribution < 1.29 is 37.3 Å². The largest absolute Gasteiger partial charge is 0.472 e. The number of unbranched alkanes of at least 4 members (excludes halogenated alkanes) is 27. The van der Waals surface area contributed by atoms with Gasteiger partial charge in [-0.3, -0.25) is 18.6 Å². The van der Waals surface area contributed by atoms with Crippen molar-refractivity contribution in [2.24, 2.45) is 0 Å². The molecule has 0 saturated carbocycles. The minimum absolute atomic E-state index is 0.0283. The van der Waals surface area contributed by atoms with E-state index in [-0.39, 0.29) is 31.5 Å². The number of nitrogens with one attached hydrogen (secondary N) is 1. The fourth-order valence-electron chi connectivity index (χ4n) is 9.02. The second-order valence-corrected chi connectivity index (χ2v) is 24.7. The van der Waals surface area contributed by atoms with Gasteiger partial charge >= 0.3 is 13.8 Å². The van der Waals surface area contributed by atoms with E-state index < -0.39 is 20.0 Å². The molecule has 0 radical (unpaired) electrons. The first-order chi connectivity index (χ1) is 39.4. The minimum Gasteiger partial charge on any atom is -0.456 e. The second-order valence-electron chi connectivity index (χ2n) is 23.3. The van der Waals surface area contributed by atoms with E-state index in [2.05, 4.69) is 123 Å². The number of esters is 1. The van der Waals surface area contributed by atoms with Gasteiger partial charge in [-0.15, -0.1) is 0 Å². The van der Waals surface area contributed by atoms with Gasteiger partial charge in [0.1, 0.15) is 19.3 Å². The molecule has 0 fully saturated rings. The maximum absolute atomic E-state index is 13.6. The molecule has 0 bridgehead atoms. The van der Waals surface area contributed by atoms with E-state index in [1.54, 1.807) is 0 Å². The van der Waals surface area contributed by atoms with Gasteiger partial charge in [0.15, 0.2) is 0 Å². The molecule has 0 heterocycles. The average molecular weight is 1150 g/mol. The summed E-state index contributed by atoms with van der Waals surface area (Å²) in [4.78, 5) is 37.8. The molecule has 81 heavy (non-hydrogen) atoms. The number of ether oxygens (including phenoxy) is 1. The van der Waals surface area contributed by atoms with Crippen LogP contribution < -0.4 is 5.32 Å².